The van der Waals surface area contributed by atoms with Crippen molar-refractivity contribution in [3.8, 4) is 0 Å². The molecule has 1 atom stereocenters. The van der Waals surface area contributed by atoms with Gasteiger partial charge in [-0.1, -0.05) is 12.8 Å². The average molecular weight is 291 g/mol. The Hall–Kier alpha value is -1.95. The lowest BCUT2D eigenvalue weighted by atomic mass is 10.2. The van der Waals surface area contributed by atoms with Crippen LogP contribution in [0.3, 0.4) is 0 Å². The molecule has 114 valence electrons. The topological polar surface area (TPSA) is 82.5 Å². The second-order valence-electron chi connectivity index (χ2n) is 5.18. The Morgan fingerprint density at radius 2 is 1.81 bits per heavy atom. The van der Waals surface area contributed by atoms with Crippen LogP contribution in [0.5, 0.6) is 0 Å². The fourth-order valence-corrected chi connectivity index (χ4v) is 2.44. The smallest absolute Gasteiger partial charge is 0.252 e. The highest BCUT2D eigenvalue weighted by Crippen LogP contribution is 2.11. The van der Waals surface area contributed by atoms with Gasteiger partial charge in [0.1, 0.15) is 6.04 Å². The molecule has 2 heterocycles. The van der Waals surface area contributed by atoms with E-state index in [0.29, 0.717) is 18.7 Å². The molecule has 2 amide bonds. The van der Waals surface area contributed by atoms with Gasteiger partial charge in [-0.05, 0) is 25.0 Å². The number of carbonyl (C=O) groups excluding carboxylic acids is 2. The molecule has 1 aromatic rings. The molecule has 0 saturated carbocycles. The summed E-state index contributed by atoms with van der Waals surface area (Å²) in [6.45, 7) is 0.993. The highest BCUT2D eigenvalue weighted by molar-refractivity contribution is 5.97. The molecule has 1 aliphatic heterocycles. The number of rotatable bonds is 4. The normalized spacial score (nSPS) is 16.9. The lowest BCUT2D eigenvalue weighted by molar-refractivity contribution is -0.134. The molecule has 6 heteroatoms. The maximum atomic E-state index is 12.4. The quantitative estimate of drug-likeness (QED) is 0.850. The molecule has 1 fully saturated rings. The monoisotopic (exact) mass is 291 g/mol. The number of aromatic nitrogens is 1. The van der Waals surface area contributed by atoms with Gasteiger partial charge in [0.2, 0.25) is 5.91 Å². The minimum absolute atomic E-state index is 0.207. The molecule has 1 aromatic heterocycles. The van der Waals surface area contributed by atoms with Gasteiger partial charge >= 0.3 is 0 Å². The Bertz CT molecular complexity index is 470. The van der Waals surface area contributed by atoms with Gasteiger partial charge in [-0.3, -0.25) is 14.6 Å². The van der Waals surface area contributed by atoms with E-state index in [4.69, 9.17) is 0 Å². The molecular formula is C15H21N3O3. The summed E-state index contributed by atoms with van der Waals surface area (Å²) in [6, 6.07) is 2.25. The number of nitrogens with one attached hydrogen (secondary N) is 1. The van der Waals surface area contributed by atoms with Crippen molar-refractivity contribution in [2.75, 3.05) is 19.7 Å². The van der Waals surface area contributed by atoms with E-state index in [0.717, 1.165) is 25.7 Å². The third kappa shape index (κ3) is 4.26. The Labute approximate surface area is 124 Å². The van der Waals surface area contributed by atoms with Crippen LogP contribution >= 0.6 is 0 Å². The zero-order valence-electron chi connectivity index (χ0n) is 12.0. The van der Waals surface area contributed by atoms with Crippen molar-refractivity contribution in [3.05, 3.63) is 30.1 Å². The summed E-state index contributed by atoms with van der Waals surface area (Å²) in [5.74, 6) is -0.582. The van der Waals surface area contributed by atoms with Crippen LogP contribution in [0.1, 0.15) is 36.0 Å². The van der Waals surface area contributed by atoms with Crippen molar-refractivity contribution < 1.29 is 14.7 Å². The molecule has 2 N–H and O–H groups in total. The largest absolute Gasteiger partial charge is 0.394 e. The number of pyridine rings is 1. The van der Waals surface area contributed by atoms with Crippen molar-refractivity contribution in [1.29, 1.82) is 0 Å². The molecule has 0 spiro atoms. The molecule has 0 unspecified atom stereocenters. The number of hydrogen-bond donors (Lipinski definition) is 2. The Balaban J connectivity index is 1.98. The first-order valence-corrected chi connectivity index (χ1v) is 7.33. The minimum atomic E-state index is -0.885. The van der Waals surface area contributed by atoms with E-state index in [2.05, 4.69) is 10.3 Å². The van der Waals surface area contributed by atoms with Crippen LogP contribution in [0.15, 0.2) is 24.5 Å². The lowest BCUT2D eigenvalue weighted by Gasteiger charge is -2.25. The van der Waals surface area contributed by atoms with E-state index in [1.165, 1.54) is 12.4 Å². The van der Waals surface area contributed by atoms with E-state index in [-0.39, 0.29) is 11.8 Å². The van der Waals surface area contributed by atoms with Crippen LogP contribution in [-0.2, 0) is 4.79 Å². The summed E-state index contributed by atoms with van der Waals surface area (Å²) in [6.07, 6.45) is 7.22. The highest BCUT2D eigenvalue weighted by atomic mass is 16.3. The van der Waals surface area contributed by atoms with Crippen LogP contribution in [-0.4, -0.2) is 52.5 Å². The van der Waals surface area contributed by atoms with E-state index >= 15 is 0 Å². The third-order valence-corrected chi connectivity index (χ3v) is 3.65. The highest BCUT2D eigenvalue weighted by Gasteiger charge is 2.26. The number of hydrogen-bond acceptors (Lipinski definition) is 4. The van der Waals surface area contributed by atoms with Gasteiger partial charge in [-0.2, -0.15) is 0 Å². The second-order valence-corrected chi connectivity index (χ2v) is 5.18. The van der Waals surface area contributed by atoms with Crippen molar-refractivity contribution in [2.24, 2.45) is 0 Å². The molecule has 1 saturated heterocycles. The molecule has 0 bridgehead atoms. The van der Waals surface area contributed by atoms with Gasteiger partial charge in [-0.25, -0.2) is 0 Å². The summed E-state index contributed by atoms with van der Waals surface area (Å²) < 4.78 is 0. The molecule has 1 aliphatic rings. The van der Waals surface area contributed by atoms with Gasteiger partial charge in [0.25, 0.3) is 5.91 Å². The van der Waals surface area contributed by atoms with Crippen molar-refractivity contribution in [2.45, 2.75) is 31.7 Å². The molecule has 6 nitrogen and oxygen atoms in total. The van der Waals surface area contributed by atoms with Crippen LogP contribution in [0.2, 0.25) is 0 Å². The first-order chi connectivity index (χ1) is 10.2. The summed E-state index contributed by atoms with van der Waals surface area (Å²) in [7, 11) is 0. The maximum Gasteiger partial charge on any atom is 0.252 e. The standard InChI is InChI=1S/C15H21N3O3/c19-11-13(15(21)18-9-3-1-2-4-10-18)17-14(20)12-5-7-16-8-6-12/h5-8,13,19H,1-4,9-11H2,(H,17,20)/t13-/m0/s1. The van der Waals surface area contributed by atoms with Crippen molar-refractivity contribution >= 4 is 11.8 Å². The van der Waals surface area contributed by atoms with Crippen LogP contribution in [0.25, 0.3) is 0 Å². The summed E-state index contributed by atoms with van der Waals surface area (Å²) >= 11 is 0. The molecule has 0 aromatic carbocycles. The van der Waals surface area contributed by atoms with Gasteiger partial charge < -0.3 is 15.3 Å². The Morgan fingerprint density at radius 1 is 1.19 bits per heavy atom. The first-order valence-electron chi connectivity index (χ1n) is 7.33. The SMILES string of the molecule is O=C(N[C@@H](CO)C(=O)N1CCCCCC1)c1ccncc1. The fraction of sp³-hybridized carbons (Fsp3) is 0.533. The predicted octanol–water partition coefficient (Wildman–Crippen LogP) is 0.575. The number of carbonyl (C=O) groups is 2. The van der Waals surface area contributed by atoms with Crippen molar-refractivity contribution in [3.63, 3.8) is 0 Å². The van der Waals surface area contributed by atoms with E-state index < -0.39 is 12.6 Å². The first kappa shape index (κ1) is 15.4. The third-order valence-electron chi connectivity index (χ3n) is 3.65. The maximum absolute atomic E-state index is 12.4. The van der Waals surface area contributed by atoms with Gasteiger partial charge in [0.15, 0.2) is 0 Å². The van der Waals surface area contributed by atoms with Crippen LogP contribution in [0.4, 0.5) is 0 Å². The molecule has 0 radical (unpaired) electrons. The van der Waals surface area contributed by atoms with Crippen molar-refractivity contribution in [1.82, 2.24) is 15.2 Å². The summed E-state index contributed by atoms with van der Waals surface area (Å²) in [5.41, 5.74) is 0.423. The van der Waals surface area contributed by atoms with Gasteiger partial charge in [-0.15, -0.1) is 0 Å². The fourth-order valence-electron chi connectivity index (χ4n) is 2.44. The number of aliphatic hydroxyl groups is 1. The van der Waals surface area contributed by atoms with E-state index in [9.17, 15) is 14.7 Å². The van der Waals surface area contributed by atoms with Gasteiger partial charge in [0.05, 0.1) is 6.61 Å². The Morgan fingerprint density at radius 3 is 2.38 bits per heavy atom. The summed E-state index contributed by atoms with van der Waals surface area (Å²) in [4.78, 5) is 30.0. The molecule has 2 rings (SSSR count). The zero-order chi connectivity index (χ0) is 15.1. The second kappa shape index (κ2) is 7.73. The average Bonchev–Trinajstić information content (AvgIpc) is 2.81. The van der Waals surface area contributed by atoms with Gasteiger partial charge in [0, 0.05) is 31.0 Å². The lowest BCUT2D eigenvalue weighted by Crippen LogP contribution is -2.50. The van der Waals surface area contributed by atoms with E-state index in [1.807, 2.05) is 0 Å². The number of aliphatic hydroxyl groups excluding tert-OH is 1. The molecule has 0 aliphatic carbocycles. The Kier molecular flexibility index (Phi) is 5.68. The van der Waals surface area contributed by atoms with Crippen LogP contribution in [0, 0.1) is 0 Å². The van der Waals surface area contributed by atoms with Crippen LogP contribution < -0.4 is 5.32 Å². The predicted molar refractivity (Wildman–Crippen MR) is 77.6 cm³/mol. The number of likely N-dealkylation sites (tertiary alicyclic amines) is 1. The number of nitrogens with zero attached hydrogens (tertiary/aromatic N) is 2. The zero-order valence-corrected chi connectivity index (χ0v) is 12.0. The number of amides is 2. The summed E-state index contributed by atoms with van der Waals surface area (Å²) in [5, 5.41) is 12.0. The molecular weight excluding hydrogens is 270 g/mol. The minimum Gasteiger partial charge on any atom is -0.394 e. The molecule has 21 heavy (non-hydrogen) atoms. The van der Waals surface area contributed by atoms with E-state index in [1.54, 1.807) is 17.0 Å².